The van der Waals surface area contributed by atoms with E-state index in [1.54, 1.807) is 12.1 Å². The Balaban J connectivity index is 1.65. The van der Waals surface area contributed by atoms with Gasteiger partial charge in [0, 0.05) is 25.8 Å². The molecular weight excluding hydrogens is 350 g/mol. The summed E-state index contributed by atoms with van der Waals surface area (Å²) in [4.78, 5) is 15.3. The molecule has 1 fully saturated rings. The molecular formula is C20H21NO4S. The van der Waals surface area contributed by atoms with E-state index in [0.717, 1.165) is 29.2 Å². The first-order chi connectivity index (χ1) is 12.7. The smallest absolute Gasteiger partial charge is 0.345 e. The molecule has 0 bridgehead atoms. The summed E-state index contributed by atoms with van der Waals surface area (Å²) in [5.41, 5.74) is 1.68. The Bertz CT molecular complexity index is 742. The number of carbonyl (C=O) groups is 1. The maximum atomic E-state index is 12.4. The SMILES string of the molecule is CO[C@@H](C(=O)Oc1ccc(C(=S)N2CCOCC2)cc1)c1ccccc1. The van der Waals surface area contributed by atoms with E-state index >= 15 is 0 Å². The van der Waals surface area contributed by atoms with E-state index < -0.39 is 12.1 Å². The van der Waals surface area contributed by atoms with Gasteiger partial charge in [0.25, 0.3) is 0 Å². The zero-order chi connectivity index (χ0) is 18.4. The lowest BCUT2D eigenvalue weighted by atomic mass is 10.1. The summed E-state index contributed by atoms with van der Waals surface area (Å²) >= 11 is 5.54. The third-order valence-corrected chi connectivity index (χ3v) is 4.66. The van der Waals surface area contributed by atoms with Gasteiger partial charge in [-0.05, 0) is 29.8 Å². The van der Waals surface area contributed by atoms with Crippen LogP contribution in [0.25, 0.3) is 0 Å². The minimum Gasteiger partial charge on any atom is -0.424 e. The van der Waals surface area contributed by atoms with E-state index in [2.05, 4.69) is 4.90 Å². The van der Waals surface area contributed by atoms with Crippen LogP contribution in [-0.4, -0.2) is 49.3 Å². The molecule has 2 aromatic carbocycles. The maximum absolute atomic E-state index is 12.4. The van der Waals surface area contributed by atoms with Crippen molar-refractivity contribution in [1.29, 1.82) is 0 Å². The maximum Gasteiger partial charge on any atom is 0.345 e. The quantitative estimate of drug-likeness (QED) is 0.458. The van der Waals surface area contributed by atoms with Gasteiger partial charge in [0.2, 0.25) is 0 Å². The summed E-state index contributed by atoms with van der Waals surface area (Å²) in [6.07, 6.45) is -0.759. The van der Waals surface area contributed by atoms with Crippen molar-refractivity contribution >= 4 is 23.2 Å². The summed E-state index contributed by atoms with van der Waals surface area (Å²) in [6, 6.07) is 16.5. The Morgan fingerprint density at radius 3 is 2.35 bits per heavy atom. The van der Waals surface area contributed by atoms with Crippen LogP contribution in [-0.2, 0) is 14.3 Å². The first-order valence-corrected chi connectivity index (χ1v) is 8.86. The molecule has 136 valence electrons. The lowest BCUT2D eigenvalue weighted by Crippen LogP contribution is -2.40. The zero-order valence-corrected chi connectivity index (χ0v) is 15.4. The molecule has 3 rings (SSSR count). The number of esters is 1. The largest absolute Gasteiger partial charge is 0.424 e. The van der Waals surface area contributed by atoms with E-state index in [4.69, 9.17) is 26.4 Å². The van der Waals surface area contributed by atoms with Crippen LogP contribution in [0.4, 0.5) is 0 Å². The molecule has 0 unspecified atom stereocenters. The van der Waals surface area contributed by atoms with E-state index in [0.29, 0.717) is 19.0 Å². The number of hydrogen-bond acceptors (Lipinski definition) is 5. The molecule has 26 heavy (non-hydrogen) atoms. The molecule has 1 heterocycles. The standard InChI is InChI=1S/C20H21NO4S/c1-23-18(15-5-3-2-4-6-15)20(22)25-17-9-7-16(8-10-17)19(26)21-11-13-24-14-12-21/h2-10,18H,11-14H2,1H3/t18-/m1/s1. The van der Waals surface area contributed by atoms with Crippen LogP contribution in [0.5, 0.6) is 5.75 Å². The monoisotopic (exact) mass is 371 g/mol. The topological polar surface area (TPSA) is 48.0 Å². The van der Waals surface area contributed by atoms with Crippen LogP contribution >= 0.6 is 12.2 Å². The Morgan fingerprint density at radius 2 is 1.73 bits per heavy atom. The fourth-order valence-electron chi connectivity index (χ4n) is 2.78. The van der Waals surface area contributed by atoms with Crippen molar-refractivity contribution in [2.75, 3.05) is 33.4 Å². The number of methoxy groups -OCH3 is 1. The molecule has 0 aromatic heterocycles. The summed E-state index contributed by atoms with van der Waals surface area (Å²) < 4.78 is 16.1. The summed E-state index contributed by atoms with van der Waals surface area (Å²) in [5.74, 6) is 0.00344. The molecule has 0 amide bonds. The van der Waals surface area contributed by atoms with Crippen LogP contribution in [0, 0.1) is 0 Å². The number of rotatable bonds is 5. The van der Waals surface area contributed by atoms with Crippen molar-refractivity contribution in [2.45, 2.75) is 6.10 Å². The Morgan fingerprint density at radius 1 is 1.08 bits per heavy atom. The molecule has 0 spiro atoms. The molecule has 5 nitrogen and oxygen atoms in total. The van der Waals surface area contributed by atoms with Crippen molar-refractivity contribution in [3.63, 3.8) is 0 Å². The highest BCUT2D eigenvalue weighted by molar-refractivity contribution is 7.80. The number of hydrogen-bond donors (Lipinski definition) is 0. The molecule has 0 N–H and O–H groups in total. The summed E-state index contributed by atoms with van der Waals surface area (Å²) in [7, 11) is 1.49. The number of morpholine rings is 1. The van der Waals surface area contributed by atoms with Gasteiger partial charge in [0.15, 0.2) is 6.10 Å². The van der Waals surface area contributed by atoms with Crippen LogP contribution in [0.15, 0.2) is 54.6 Å². The molecule has 1 aliphatic rings. The van der Waals surface area contributed by atoms with Crippen molar-refractivity contribution in [1.82, 2.24) is 4.90 Å². The van der Waals surface area contributed by atoms with Crippen molar-refractivity contribution in [3.05, 3.63) is 65.7 Å². The fourth-order valence-corrected chi connectivity index (χ4v) is 3.10. The summed E-state index contributed by atoms with van der Waals surface area (Å²) in [6.45, 7) is 2.96. The van der Waals surface area contributed by atoms with Gasteiger partial charge in [-0.25, -0.2) is 4.79 Å². The summed E-state index contributed by atoms with van der Waals surface area (Å²) in [5, 5.41) is 0. The number of ether oxygens (including phenoxy) is 3. The lowest BCUT2D eigenvalue weighted by molar-refractivity contribution is -0.146. The normalized spacial score (nSPS) is 15.3. The highest BCUT2D eigenvalue weighted by Gasteiger charge is 2.22. The van der Waals surface area contributed by atoms with E-state index in [1.807, 2.05) is 42.5 Å². The predicted molar refractivity (Wildman–Crippen MR) is 102 cm³/mol. The van der Waals surface area contributed by atoms with Gasteiger partial charge in [-0.15, -0.1) is 0 Å². The fraction of sp³-hybridized carbons (Fsp3) is 0.300. The highest BCUT2D eigenvalue weighted by Crippen LogP contribution is 2.21. The van der Waals surface area contributed by atoms with Gasteiger partial charge in [-0.1, -0.05) is 42.5 Å². The van der Waals surface area contributed by atoms with Gasteiger partial charge in [-0.2, -0.15) is 0 Å². The van der Waals surface area contributed by atoms with Crippen LogP contribution in [0.1, 0.15) is 17.2 Å². The van der Waals surface area contributed by atoms with Gasteiger partial charge >= 0.3 is 5.97 Å². The Labute approximate surface area is 158 Å². The molecule has 1 aliphatic heterocycles. The molecule has 6 heteroatoms. The van der Waals surface area contributed by atoms with Crippen molar-refractivity contribution in [2.24, 2.45) is 0 Å². The van der Waals surface area contributed by atoms with Gasteiger partial charge in [0.1, 0.15) is 10.7 Å². The minimum atomic E-state index is -0.759. The third kappa shape index (κ3) is 4.46. The average molecular weight is 371 g/mol. The van der Waals surface area contributed by atoms with E-state index in [1.165, 1.54) is 7.11 Å². The molecule has 1 saturated heterocycles. The molecule has 0 radical (unpaired) electrons. The van der Waals surface area contributed by atoms with Crippen molar-refractivity contribution in [3.8, 4) is 5.75 Å². The molecule has 1 atom stereocenters. The second kappa shape index (κ2) is 8.89. The number of carbonyl (C=O) groups excluding carboxylic acids is 1. The number of thiocarbonyl (C=S) groups is 1. The van der Waals surface area contributed by atoms with Crippen LogP contribution in [0.3, 0.4) is 0 Å². The second-order valence-electron chi connectivity index (χ2n) is 5.88. The first-order valence-electron chi connectivity index (χ1n) is 8.45. The van der Waals surface area contributed by atoms with Crippen LogP contribution in [0.2, 0.25) is 0 Å². The van der Waals surface area contributed by atoms with Gasteiger partial charge in [0.05, 0.1) is 13.2 Å². The Kier molecular flexibility index (Phi) is 6.33. The van der Waals surface area contributed by atoms with Crippen molar-refractivity contribution < 1.29 is 19.0 Å². The number of nitrogens with zero attached hydrogens (tertiary/aromatic N) is 1. The predicted octanol–water partition coefficient (Wildman–Crippen LogP) is 2.99. The van der Waals surface area contributed by atoms with Crippen LogP contribution < -0.4 is 4.74 Å². The highest BCUT2D eigenvalue weighted by atomic mass is 32.1. The first kappa shape index (κ1) is 18.5. The molecule has 0 saturated carbocycles. The van der Waals surface area contributed by atoms with E-state index in [9.17, 15) is 4.79 Å². The van der Waals surface area contributed by atoms with Gasteiger partial charge < -0.3 is 19.1 Å². The molecule has 2 aromatic rings. The number of benzene rings is 2. The minimum absolute atomic E-state index is 0.456. The lowest BCUT2D eigenvalue weighted by Gasteiger charge is -2.29. The van der Waals surface area contributed by atoms with E-state index in [-0.39, 0.29) is 0 Å². The Hall–Kier alpha value is -2.28. The molecule has 0 aliphatic carbocycles. The zero-order valence-electron chi connectivity index (χ0n) is 14.6. The average Bonchev–Trinajstić information content (AvgIpc) is 2.70. The third-order valence-electron chi connectivity index (χ3n) is 4.17. The second-order valence-corrected chi connectivity index (χ2v) is 6.26. The van der Waals surface area contributed by atoms with Gasteiger partial charge in [-0.3, -0.25) is 0 Å².